The number of carboxylic acid groups (broad SMARTS) is 1. The summed E-state index contributed by atoms with van der Waals surface area (Å²) >= 11 is 0. The van der Waals surface area contributed by atoms with E-state index in [4.69, 9.17) is 9.84 Å². The predicted octanol–water partition coefficient (Wildman–Crippen LogP) is 2.08. The SMILES string of the molecule is O=C(O)c1ccc([N+](=O)[O-])cc1OCC1CC1. The molecule has 90 valence electrons. The van der Waals surface area contributed by atoms with Crippen molar-refractivity contribution >= 4 is 11.7 Å². The van der Waals surface area contributed by atoms with E-state index in [1.165, 1.54) is 6.07 Å². The molecule has 2 rings (SSSR count). The maximum Gasteiger partial charge on any atom is 0.339 e. The summed E-state index contributed by atoms with van der Waals surface area (Å²) in [6, 6.07) is 3.52. The molecule has 0 heterocycles. The molecule has 0 bridgehead atoms. The predicted molar refractivity (Wildman–Crippen MR) is 58.3 cm³/mol. The molecule has 0 unspecified atom stereocenters. The van der Waals surface area contributed by atoms with Crippen LogP contribution in [0.25, 0.3) is 0 Å². The third-order valence-electron chi connectivity index (χ3n) is 2.58. The molecule has 0 saturated heterocycles. The second-order valence-electron chi connectivity index (χ2n) is 4.00. The number of non-ortho nitro benzene ring substituents is 1. The van der Waals surface area contributed by atoms with Crippen LogP contribution < -0.4 is 4.74 Å². The molecule has 1 fully saturated rings. The van der Waals surface area contributed by atoms with Gasteiger partial charge >= 0.3 is 5.97 Å². The lowest BCUT2D eigenvalue weighted by Crippen LogP contribution is -2.06. The van der Waals surface area contributed by atoms with Gasteiger partial charge in [-0.1, -0.05) is 0 Å². The number of nitro groups is 1. The molecule has 1 aromatic carbocycles. The molecule has 0 amide bonds. The molecule has 6 heteroatoms. The first-order valence-electron chi connectivity index (χ1n) is 5.22. The van der Waals surface area contributed by atoms with E-state index in [1.54, 1.807) is 0 Å². The van der Waals surface area contributed by atoms with Crippen LogP contribution in [0.5, 0.6) is 5.75 Å². The first-order chi connectivity index (χ1) is 8.08. The molecule has 0 atom stereocenters. The van der Waals surface area contributed by atoms with Crippen molar-refractivity contribution in [1.82, 2.24) is 0 Å². The van der Waals surface area contributed by atoms with E-state index in [-0.39, 0.29) is 17.0 Å². The number of hydrogen-bond acceptors (Lipinski definition) is 4. The molecule has 1 saturated carbocycles. The van der Waals surface area contributed by atoms with Crippen molar-refractivity contribution in [2.24, 2.45) is 5.92 Å². The molecular formula is C11H11NO5. The summed E-state index contributed by atoms with van der Waals surface area (Å²) in [4.78, 5) is 20.9. The van der Waals surface area contributed by atoms with Gasteiger partial charge in [-0.2, -0.15) is 0 Å². The topological polar surface area (TPSA) is 89.7 Å². The highest BCUT2D eigenvalue weighted by Crippen LogP contribution is 2.31. The zero-order valence-corrected chi connectivity index (χ0v) is 8.96. The molecule has 17 heavy (non-hydrogen) atoms. The number of nitro benzene ring substituents is 1. The minimum Gasteiger partial charge on any atom is -0.492 e. The van der Waals surface area contributed by atoms with Gasteiger partial charge in [-0.15, -0.1) is 0 Å². The normalized spacial score (nSPS) is 14.4. The Morgan fingerprint density at radius 2 is 2.24 bits per heavy atom. The standard InChI is InChI=1S/C11H11NO5/c13-11(14)9-4-3-8(12(15)16)5-10(9)17-6-7-1-2-7/h3-5,7H,1-2,6H2,(H,13,14). The van der Waals surface area contributed by atoms with Gasteiger partial charge in [0, 0.05) is 6.07 Å². The van der Waals surface area contributed by atoms with E-state index in [0.717, 1.165) is 25.0 Å². The van der Waals surface area contributed by atoms with Crippen LogP contribution in [-0.2, 0) is 0 Å². The van der Waals surface area contributed by atoms with Gasteiger partial charge in [0.05, 0.1) is 17.6 Å². The number of hydrogen-bond donors (Lipinski definition) is 1. The van der Waals surface area contributed by atoms with Crippen LogP contribution in [0.15, 0.2) is 18.2 Å². The van der Waals surface area contributed by atoms with Crippen LogP contribution >= 0.6 is 0 Å². The van der Waals surface area contributed by atoms with Crippen LogP contribution in [0, 0.1) is 16.0 Å². The Hall–Kier alpha value is -2.11. The summed E-state index contributed by atoms with van der Waals surface area (Å²) in [6.45, 7) is 0.418. The highest BCUT2D eigenvalue weighted by molar-refractivity contribution is 5.91. The third kappa shape index (κ3) is 2.72. The zero-order valence-electron chi connectivity index (χ0n) is 8.96. The fraction of sp³-hybridized carbons (Fsp3) is 0.364. The fourth-order valence-electron chi connectivity index (χ4n) is 1.41. The fourth-order valence-corrected chi connectivity index (χ4v) is 1.41. The van der Waals surface area contributed by atoms with Crippen molar-refractivity contribution < 1.29 is 19.6 Å². The maximum absolute atomic E-state index is 10.9. The summed E-state index contributed by atoms with van der Waals surface area (Å²) in [6.07, 6.45) is 2.13. The van der Waals surface area contributed by atoms with E-state index in [1.807, 2.05) is 0 Å². The zero-order chi connectivity index (χ0) is 12.4. The van der Waals surface area contributed by atoms with Crippen molar-refractivity contribution in [3.8, 4) is 5.75 Å². The highest BCUT2D eigenvalue weighted by Gasteiger charge is 2.24. The molecule has 1 aromatic rings. The van der Waals surface area contributed by atoms with E-state index in [2.05, 4.69) is 0 Å². The first kappa shape index (κ1) is 11.4. The van der Waals surface area contributed by atoms with Crippen LogP contribution in [0.2, 0.25) is 0 Å². The molecule has 0 spiro atoms. The quantitative estimate of drug-likeness (QED) is 0.625. The number of ether oxygens (including phenoxy) is 1. The molecule has 6 nitrogen and oxygen atoms in total. The van der Waals surface area contributed by atoms with Crippen molar-refractivity contribution in [2.45, 2.75) is 12.8 Å². The summed E-state index contributed by atoms with van der Waals surface area (Å²) in [5.41, 5.74) is -0.211. The van der Waals surface area contributed by atoms with E-state index < -0.39 is 10.9 Å². The van der Waals surface area contributed by atoms with Gasteiger partial charge in [-0.05, 0) is 24.8 Å². The Kier molecular flexibility index (Phi) is 2.95. The minimum absolute atomic E-state index is 0.0451. The highest BCUT2D eigenvalue weighted by atomic mass is 16.6. The van der Waals surface area contributed by atoms with Crippen molar-refractivity contribution in [2.75, 3.05) is 6.61 Å². The second-order valence-corrected chi connectivity index (χ2v) is 4.00. The Bertz CT molecular complexity index is 467. The van der Waals surface area contributed by atoms with E-state index >= 15 is 0 Å². The van der Waals surface area contributed by atoms with E-state index in [0.29, 0.717) is 12.5 Å². The van der Waals surface area contributed by atoms with Gasteiger partial charge in [-0.3, -0.25) is 10.1 Å². The minimum atomic E-state index is -1.15. The van der Waals surface area contributed by atoms with Crippen molar-refractivity contribution in [3.63, 3.8) is 0 Å². The van der Waals surface area contributed by atoms with Gasteiger partial charge < -0.3 is 9.84 Å². The third-order valence-corrected chi connectivity index (χ3v) is 2.58. The summed E-state index contributed by atoms with van der Waals surface area (Å²) in [7, 11) is 0. The lowest BCUT2D eigenvalue weighted by molar-refractivity contribution is -0.384. The number of rotatable bonds is 5. The number of aromatic carboxylic acids is 1. The van der Waals surface area contributed by atoms with Crippen LogP contribution in [-0.4, -0.2) is 22.6 Å². The Labute approximate surface area is 97.0 Å². The second kappa shape index (κ2) is 4.40. The van der Waals surface area contributed by atoms with Crippen LogP contribution in [0.1, 0.15) is 23.2 Å². The lowest BCUT2D eigenvalue weighted by Gasteiger charge is -2.08. The van der Waals surface area contributed by atoms with Gasteiger partial charge in [0.25, 0.3) is 5.69 Å². The molecule has 1 aliphatic carbocycles. The van der Waals surface area contributed by atoms with Crippen LogP contribution in [0.3, 0.4) is 0 Å². The van der Waals surface area contributed by atoms with Gasteiger partial charge in [0.15, 0.2) is 0 Å². The summed E-state index contributed by atoms with van der Waals surface area (Å²) in [5.74, 6) is -0.625. The molecule has 0 radical (unpaired) electrons. The van der Waals surface area contributed by atoms with Crippen LogP contribution in [0.4, 0.5) is 5.69 Å². The van der Waals surface area contributed by atoms with Gasteiger partial charge in [0.2, 0.25) is 0 Å². The van der Waals surface area contributed by atoms with Gasteiger partial charge in [-0.25, -0.2) is 4.79 Å². The lowest BCUT2D eigenvalue weighted by atomic mass is 10.2. The Balaban J connectivity index is 2.24. The average molecular weight is 237 g/mol. The molecular weight excluding hydrogens is 226 g/mol. The monoisotopic (exact) mass is 237 g/mol. The largest absolute Gasteiger partial charge is 0.492 e. The van der Waals surface area contributed by atoms with Crippen molar-refractivity contribution in [1.29, 1.82) is 0 Å². The van der Waals surface area contributed by atoms with E-state index in [9.17, 15) is 14.9 Å². The average Bonchev–Trinajstić information content (AvgIpc) is 3.09. The van der Waals surface area contributed by atoms with Gasteiger partial charge in [0.1, 0.15) is 11.3 Å². The van der Waals surface area contributed by atoms with Crippen molar-refractivity contribution in [3.05, 3.63) is 33.9 Å². The Morgan fingerprint density at radius 1 is 1.53 bits per heavy atom. The molecule has 1 aliphatic rings. The summed E-state index contributed by atoms with van der Waals surface area (Å²) in [5, 5.41) is 19.5. The molecule has 1 N–H and O–H groups in total. The molecule has 0 aromatic heterocycles. The Morgan fingerprint density at radius 3 is 2.76 bits per heavy atom. The smallest absolute Gasteiger partial charge is 0.339 e. The number of benzene rings is 1. The maximum atomic E-state index is 10.9. The molecule has 0 aliphatic heterocycles. The number of carboxylic acids is 1. The summed E-state index contributed by atoms with van der Waals surface area (Å²) < 4.78 is 5.33. The number of nitrogens with zero attached hydrogens (tertiary/aromatic N) is 1. The first-order valence-corrected chi connectivity index (χ1v) is 5.22. The number of carbonyl (C=O) groups is 1.